The first kappa shape index (κ1) is 21.6. The lowest BCUT2D eigenvalue weighted by Crippen LogP contribution is -2.31. The fourth-order valence-electron chi connectivity index (χ4n) is 2.68. The minimum Gasteiger partial charge on any atom is -0.313 e. The van der Waals surface area contributed by atoms with E-state index in [-0.39, 0.29) is 12.1 Å². The lowest BCUT2D eigenvalue weighted by Gasteiger charge is -2.32. The van der Waals surface area contributed by atoms with Crippen LogP contribution in [0.15, 0.2) is 12.1 Å². The predicted octanol–water partition coefficient (Wildman–Crippen LogP) is 6.05. The Morgan fingerprint density at radius 1 is 0.720 bits per heavy atom. The maximum Gasteiger partial charge on any atom is 0.417 e. The molecule has 0 aliphatic heterocycles. The van der Waals surface area contributed by atoms with Gasteiger partial charge in [-0.3, -0.25) is 0 Å². The van der Waals surface area contributed by atoms with E-state index in [1.54, 1.807) is 0 Å². The zero-order chi connectivity index (χ0) is 20.0. The van der Waals surface area contributed by atoms with Gasteiger partial charge < -0.3 is 5.32 Å². The van der Waals surface area contributed by atoms with Crippen LogP contribution in [0.25, 0.3) is 0 Å². The van der Waals surface area contributed by atoms with Crippen LogP contribution in [0.4, 0.5) is 39.5 Å². The largest absolute Gasteiger partial charge is 0.417 e. The minimum absolute atomic E-state index is 0.129. The van der Waals surface area contributed by atoms with Crippen molar-refractivity contribution in [2.45, 2.75) is 45.3 Å². The number of hydrogen-bond acceptors (Lipinski definition) is 1. The van der Waals surface area contributed by atoms with E-state index in [0.29, 0.717) is 0 Å². The Labute approximate surface area is 138 Å². The molecule has 0 saturated carbocycles. The van der Waals surface area contributed by atoms with Crippen LogP contribution in [0.1, 0.15) is 49.1 Å². The Kier molecular flexibility index (Phi) is 5.50. The van der Waals surface area contributed by atoms with Crippen molar-refractivity contribution in [2.75, 3.05) is 7.05 Å². The number of nitrogens with one attached hydrogen (secondary N) is 1. The van der Waals surface area contributed by atoms with Crippen molar-refractivity contribution >= 4 is 0 Å². The van der Waals surface area contributed by atoms with Crippen LogP contribution in [0.2, 0.25) is 0 Å². The van der Waals surface area contributed by atoms with Gasteiger partial charge in [-0.2, -0.15) is 39.5 Å². The van der Waals surface area contributed by atoms with Gasteiger partial charge in [-0.25, -0.2) is 0 Å². The maximum absolute atomic E-state index is 13.1. The van der Waals surface area contributed by atoms with Gasteiger partial charge in [0.05, 0.1) is 16.7 Å². The number of alkyl halides is 9. The summed E-state index contributed by atoms with van der Waals surface area (Å²) >= 11 is 0. The van der Waals surface area contributed by atoms with Gasteiger partial charge in [-0.1, -0.05) is 20.8 Å². The van der Waals surface area contributed by atoms with Crippen molar-refractivity contribution in [1.29, 1.82) is 0 Å². The van der Waals surface area contributed by atoms with E-state index < -0.39 is 52.2 Å². The van der Waals surface area contributed by atoms with Crippen molar-refractivity contribution < 1.29 is 39.5 Å². The molecule has 1 aromatic rings. The highest BCUT2D eigenvalue weighted by Crippen LogP contribution is 2.48. The second kappa shape index (κ2) is 6.37. The van der Waals surface area contributed by atoms with E-state index in [1.807, 2.05) is 0 Å². The summed E-state index contributed by atoms with van der Waals surface area (Å²) in [6.07, 6.45) is -17.0. The van der Waals surface area contributed by atoms with E-state index in [1.165, 1.54) is 27.8 Å². The van der Waals surface area contributed by atoms with Crippen molar-refractivity contribution in [3.05, 3.63) is 34.4 Å². The summed E-state index contributed by atoms with van der Waals surface area (Å²) in [6, 6.07) is -0.772. The first-order valence-electron chi connectivity index (χ1n) is 6.97. The highest BCUT2D eigenvalue weighted by atomic mass is 19.4. The summed E-state index contributed by atoms with van der Waals surface area (Å²) in [7, 11) is 1.30. The van der Waals surface area contributed by atoms with Crippen LogP contribution in [0.3, 0.4) is 0 Å². The molecule has 0 saturated heterocycles. The monoisotopic (exact) mass is 381 g/mol. The van der Waals surface area contributed by atoms with Crippen LogP contribution in [0, 0.1) is 5.41 Å². The van der Waals surface area contributed by atoms with Gasteiger partial charge in [-0.15, -0.1) is 0 Å². The topological polar surface area (TPSA) is 12.0 Å². The summed E-state index contributed by atoms with van der Waals surface area (Å²) in [5.41, 5.74) is -8.80. The first-order chi connectivity index (χ1) is 10.9. The van der Waals surface area contributed by atoms with Crippen molar-refractivity contribution in [3.63, 3.8) is 0 Å². The predicted molar refractivity (Wildman–Crippen MR) is 72.7 cm³/mol. The normalized spacial score (nSPS) is 15.4. The molecule has 1 unspecified atom stereocenters. The molecule has 0 heterocycles. The second-order valence-corrected chi connectivity index (χ2v) is 6.57. The van der Waals surface area contributed by atoms with Gasteiger partial charge in [0, 0.05) is 6.04 Å². The van der Waals surface area contributed by atoms with E-state index >= 15 is 0 Å². The van der Waals surface area contributed by atoms with Crippen LogP contribution < -0.4 is 5.32 Å². The fourth-order valence-corrected chi connectivity index (χ4v) is 2.68. The molecule has 25 heavy (non-hydrogen) atoms. The number of hydrogen-bond donors (Lipinski definition) is 1. The minimum atomic E-state index is -5.81. The molecule has 144 valence electrons. The Morgan fingerprint density at radius 2 is 1.08 bits per heavy atom. The molecule has 0 spiro atoms. The highest BCUT2D eigenvalue weighted by molar-refractivity contribution is 5.45. The molecule has 0 fully saturated rings. The van der Waals surface area contributed by atoms with Gasteiger partial charge in [0.25, 0.3) is 0 Å². The van der Waals surface area contributed by atoms with Gasteiger partial charge in [0.1, 0.15) is 0 Å². The number of benzene rings is 1. The molecule has 0 radical (unpaired) electrons. The summed E-state index contributed by atoms with van der Waals surface area (Å²) in [4.78, 5) is 0. The van der Waals surface area contributed by atoms with Gasteiger partial charge >= 0.3 is 18.5 Å². The average Bonchev–Trinajstić information content (AvgIpc) is 2.33. The SMILES string of the molecule is CNC(c1cc(C(F)(F)F)c(C(F)(F)F)c(C(F)(F)F)c1)C(C)(C)C. The molecule has 1 atom stereocenters. The van der Waals surface area contributed by atoms with E-state index in [4.69, 9.17) is 0 Å². The maximum atomic E-state index is 13.1. The third kappa shape index (κ3) is 4.80. The molecule has 1 rings (SSSR count). The molecule has 0 bridgehead atoms. The van der Waals surface area contributed by atoms with E-state index in [0.717, 1.165) is 0 Å². The highest BCUT2D eigenvalue weighted by Gasteiger charge is 2.50. The van der Waals surface area contributed by atoms with Crippen molar-refractivity contribution in [3.8, 4) is 0 Å². The molecule has 0 aliphatic rings. The summed E-state index contributed by atoms with van der Waals surface area (Å²) in [5.74, 6) is 0. The molecule has 0 amide bonds. The first-order valence-corrected chi connectivity index (χ1v) is 6.97. The number of rotatable bonds is 2. The molecular formula is C15H16F9N. The quantitative estimate of drug-likeness (QED) is 0.615. The fraction of sp³-hybridized carbons (Fsp3) is 0.600. The Balaban J connectivity index is 3.95. The van der Waals surface area contributed by atoms with E-state index in [2.05, 4.69) is 5.32 Å². The average molecular weight is 381 g/mol. The molecule has 10 heteroatoms. The lowest BCUT2D eigenvalue weighted by atomic mass is 9.80. The zero-order valence-corrected chi connectivity index (χ0v) is 13.6. The number of halogens is 9. The third-order valence-corrected chi connectivity index (χ3v) is 3.54. The zero-order valence-electron chi connectivity index (χ0n) is 13.6. The Bertz CT molecular complexity index is 583. The third-order valence-electron chi connectivity index (χ3n) is 3.54. The van der Waals surface area contributed by atoms with E-state index in [9.17, 15) is 39.5 Å². The summed E-state index contributed by atoms with van der Waals surface area (Å²) < 4.78 is 118. The second-order valence-electron chi connectivity index (χ2n) is 6.57. The van der Waals surface area contributed by atoms with Crippen LogP contribution >= 0.6 is 0 Å². The lowest BCUT2D eigenvalue weighted by molar-refractivity contribution is -0.174. The van der Waals surface area contributed by atoms with Crippen LogP contribution in [-0.4, -0.2) is 7.05 Å². The van der Waals surface area contributed by atoms with Crippen molar-refractivity contribution in [2.24, 2.45) is 5.41 Å². The molecule has 1 aromatic carbocycles. The molecular weight excluding hydrogens is 365 g/mol. The Hall–Kier alpha value is -1.45. The smallest absolute Gasteiger partial charge is 0.313 e. The molecule has 0 aromatic heterocycles. The van der Waals surface area contributed by atoms with Crippen LogP contribution in [-0.2, 0) is 18.5 Å². The molecule has 1 nitrogen and oxygen atoms in total. The van der Waals surface area contributed by atoms with Gasteiger partial charge in [0.2, 0.25) is 0 Å². The summed E-state index contributed by atoms with van der Waals surface area (Å²) in [5, 5.41) is 2.56. The molecule has 1 N–H and O–H groups in total. The standard InChI is InChI=1S/C15H16F9N/c1-12(2,3)11(25-4)7-5-8(13(16,17)18)10(15(22,23)24)9(6-7)14(19,20)21/h5-6,11,25H,1-4H3. The van der Waals surface area contributed by atoms with Gasteiger partial charge in [-0.05, 0) is 30.2 Å². The molecule has 0 aliphatic carbocycles. The van der Waals surface area contributed by atoms with Crippen molar-refractivity contribution in [1.82, 2.24) is 5.32 Å². The van der Waals surface area contributed by atoms with Crippen LogP contribution in [0.5, 0.6) is 0 Å². The summed E-state index contributed by atoms with van der Waals surface area (Å²) in [6.45, 7) is 4.60. The van der Waals surface area contributed by atoms with Gasteiger partial charge in [0.15, 0.2) is 0 Å². The Morgan fingerprint density at radius 3 is 1.28 bits per heavy atom.